The molecule has 0 atom stereocenters. The summed E-state index contributed by atoms with van der Waals surface area (Å²) >= 11 is 0. The molecule has 0 bridgehead atoms. The molecule has 2 N–H and O–H groups in total. The second-order valence-electron chi connectivity index (χ2n) is 2.86. The van der Waals surface area contributed by atoms with Crippen LogP contribution < -0.4 is 5.73 Å². The normalized spacial score (nSPS) is 9.27. The molecule has 6 heteroatoms. The summed E-state index contributed by atoms with van der Waals surface area (Å²) in [5.41, 5.74) is 5.07. The smallest absolute Gasteiger partial charge is 0.274 e. The fraction of sp³-hybridized carbons (Fsp3) is 0.111. The molecule has 1 aromatic rings. The molecule has 0 unspecified atom stereocenters. The highest BCUT2D eigenvalue weighted by atomic mass is 16.6. The quantitative estimate of drug-likeness (QED) is 0.571. The van der Waals surface area contributed by atoms with Crippen molar-refractivity contribution >= 4 is 11.6 Å². The minimum Gasteiger partial charge on any atom is -0.369 e. The summed E-state index contributed by atoms with van der Waals surface area (Å²) in [4.78, 5) is 20.6. The second-order valence-corrected chi connectivity index (χ2v) is 2.86. The zero-order valence-electron chi connectivity index (χ0n) is 7.64. The Morgan fingerprint density at radius 3 is 2.73 bits per heavy atom. The van der Waals surface area contributed by atoms with Crippen LogP contribution in [0.4, 0.5) is 5.69 Å². The van der Waals surface area contributed by atoms with Crippen molar-refractivity contribution in [3.8, 4) is 6.07 Å². The maximum atomic E-state index is 10.6. The van der Waals surface area contributed by atoms with E-state index in [0.29, 0.717) is 0 Å². The molecule has 0 fully saturated rings. The first-order chi connectivity index (χ1) is 7.04. The van der Waals surface area contributed by atoms with Crippen molar-refractivity contribution in [3.05, 3.63) is 39.4 Å². The number of nitrogens with zero attached hydrogens (tertiary/aromatic N) is 2. The monoisotopic (exact) mass is 205 g/mol. The maximum absolute atomic E-state index is 10.6. The number of nitro groups is 1. The van der Waals surface area contributed by atoms with E-state index >= 15 is 0 Å². The van der Waals surface area contributed by atoms with Gasteiger partial charge in [-0.25, -0.2) is 0 Å². The van der Waals surface area contributed by atoms with Crippen molar-refractivity contribution < 1.29 is 9.72 Å². The third kappa shape index (κ3) is 2.51. The van der Waals surface area contributed by atoms with Gasteiger partial charge < -0.3 is 5.73 Å². The predicted molar refractivity (Wildman–Crippen MR) is 50.7 cm³/mol. The SMILES string of the molecule is N#Cc1ccc(CC(N)=O)c([N+](=O)[O-])c1. The number of primary amides is 1. The van der Waals surface area contributed by atoms with Crippen LogP contribution in [0.1, 0.15) is 11.1 Å². The third-order valence-corrected chi connectivity index (χ3v) is 1.78. The Balaban J connectivity index is 3.22. The number of hydrogen-bond acceptors (Lipinski definition) is 4. The van der Waals surface area contributed by atoms with Crippen molar-refractivity contribution in [1.29, 1.82) is 5.26 Å². The van der Waals surface area contributed by atoms with Gasteiger partial charge in [-0.05, 0) is 6.07 Å². The third-order valence-electron chi connectivity index (χ3n) is 1.78. The number of carbonyl (C=O) groups excluding carboxylic acids is 1. The Kier molecular flexibility index (Phi) is 2.98. The van der Waals surface area contributed by atoms with Gasteiger partial charge in [0.1, 0.15) is 0 Å². The second kappa shape index (κ2) is 4.19. The van der Waals surface area contributed by atoms with Gasteiger partial charge in [-0.15, -0.1) is 0 Å². The lowest BCUT2D eigenvalue weighted by atomic mass is 10.1. The Morgan fingerprint density at radius 1 is 1.60 bits per heavy atom. The predicted octanol–water partition coefficient (Wildman–Crippen LogP) is 0.494. The largest absolute Gasteiger partial charge is 0.369 e. The van der Waals surface area contributed by atoms with Gasteiger partial charge in [0.05, 0.1) is 23.0 Å². The molecule has 1 aromatic carbocycles. The molecule has 6 nitrogen and oxygen atoms in total. The molecule has 1 rings (SSSR count). The average Bonchev–Trinajstić information content (AvgIpc) is 2.17. The van der Waals surface area contributed by atoms with Crippen molar-refractivity contribution in [2.75, 3.05) is 0 Å². The first-order valence-electron chi connectivity index (χ1n) is 4.00. The van der Waals surface area contributed by atoms with Crippen LogP contribution in [0.5, 0.6) is 0 Å². The van der Waals surface area contributed by atoms with Crippen LogP contribution in [0.25, 0.3) is 0 Å². The molecule has 0 aliphatic heterocycles. The highest BCUT2D eigenvalue weighted by Gasteiger charge is 2.15. The van der Waals surface area contributed by atoms with Crippen molar-refractivity contribution in [3.63, 3.8) is 0 Å². The van der Waals surface area contributed by atoms with E-state index in [4.69, 9.17) is 11.0 Å². The molecule has 15 heavy (non-hydrogen) atoms. The van der Waals surface area contributed by atoms with E-state index in [2.05, 4.69) is 0 Å². The highest BCUT2D eigenvalue weighted by molar-refractivity contribution is 5.78. The van der Waals surface area contributed by atoms with E-state index in [9.17, 15) is 14.9 Å². The number of amides is 1. The van der Waals surface area contributed by atoms with Gasteiger partial charge in [0.25, 0.3) is 5.69 Å². The minimum atomic E-state index is -0.650. The molecular weight excluding hydrogens is 198 g/mol. The van der Waals surface area contributed by atoms with Gasteiger partial charge in [0.2, 0.25) is 5.91 Å². The molecule has 0 saturated carbocycles. The summed E-state index contributed by atoms with van der Waals surface area (Å²) in [6.45, 7) is 0. The van der Waals surface area contributed by atoms with Crippen LogP contribution in [0.15, 0.2) is 18.2 Å². The summed E-state index contributed by atoms with van der Waals surface area (Å²) in [5, 5.41) is 19.2. The minimum absolute atomic E-state index is 0.176. The summed E-state index contributed by atoms with van der Waals surface area (Å²) in [5.74, 6) is -0.650. The molecular formula is C9H7N3O3. The zero-order chi connectivity index (χ0) is 11.4. The van der Waals surface area contributed by atoms with Gasteiger partial charge in [0.15, 0.2) is 0 Å². The molecule has 0 heterocycles. The highest BCUT2D eigenvalue weighted by Crippen LogP contribution is 2.20. The number of nitro benzene ring substituents is 1. The average molecular weight is 205 g/mol. The Hall–Kier alpha value is -2.42. The van der Waals surface area contributed by atoms with Crippen molar-refractivity contribution in [1.82, 2.24) is 0 Å². The molecule has 0 radical (unpaired) electrons. The van der Waals surface area contributed by atoms with Gasteiger partial charge in [-0.3, -0.25) is 14.9 Å². The fourth-order valence-electron chi connectivity index (χ4n) is 1.14. The molecule has 0 saturated heterocycles. The number of hydrogen-bond donors (Lipinski definition) is 1. The molecule has 76 valence electrons. The van der Waals surface area contributed by atoms with Crippen molar-refractivity contribution in [2.24, 2.45) is 5.73 Å². The Morgan fingerprint density at radius 2 is 2.27 bits per heavy atom. The number of benzene rings is 1. The van der Waals surface area contributed by atoms with Crippen LogP contribution in [0, 0.1) is 21.4 Å². The lowest BCUT2D eigenvalue weighted by molar-refractivity contribution is -0.385. The van der Waals surface area contributed by atoms with Crippen LogP contribution >= 0.6 is 0 Å². The standard InChI is InChI=1S/C9H7N3O3/c10-5-6-1-2-7(4-9(11)13)8(3-6)12(14)15/h1-3H,4H2,(H2,11,13). The Bertz CT molecular complexity index is 462. The van der Waals surface area contributed by atoms with Crippen LogP contribution in [0.3, 0.4) is 0 Å². The van der Waals surface area contributed by atoms with Gasteiger partial charge in [-0.1, -0.05) is 6.07 Å². The van der Waals surface area contributed by atoms with Crippen molar-refractivity contribution in [2.45, 2.75) is 6.42 Å². The van der Waals surface area contributed by atoms with E-state index in [-0.39, 0.29) is 23.2 Å². The lowest BCUT2D eigenvalue weighted by Crippen LogP contribution is -2.14. The summed E-state index contributed by atoms with van der Waals surface area (Å²) in [7, 11) is 0. The Labute approximate surface area is 85.1 Å². The zero-order valence-corrected chi connectivity index (χ0v) is 7.64. The summed E-state index contributed by atoms with van der Waals surface area (Å²) < 4.78 is 0. The van der Waals surface area contributed by atoms with Crippen LogP contribution in [-0.4, -0.2) is 10.8 Å². The molecule has 0 aliphatic rings. The molecule has 0 spiro atoms. The van der Waals surface area contributed by atoms with E-state index < -0.39 is 10.8 Å². The molecule has 0 aromatic heterocycles. The number of nitrogens with two attached hydrogens (primary N) is 1. The van der Waals surface area contributed by atoms with Gasteiger partial charge in [0, 0.05) is 11.6 Å². The summed E-state index contributed by atoms with van der Waals surface area (Å²) in [6, 6.07) is 5.68. The number of carbonyl (C=O) groups is 1. The number of rotatable bonds is 3. The van der Waals surface area contributed by atoms with Crippen LogP contribution in [-0.2, 0) is 11.2 Å². The fourth-order valence-corrected chi connectivity index (χ4v) is 1.14. The molecule has 0 aliphatic carbocycles. The van der Waals surface area contributed by atoms with Gasteiger partial charge >= 0.3 is 0 Å². The molecule has 1 amide bonds. The van der Waals surface area contributed by atoms with Gasteiger partial charge in [-0.2, -0.15) is 5.26 Å². The first-order valence-corrected chi connectivity index (χ1v) is 4.00. The topological polar surface area (TPSA) is 110 Å². The lowest BCUT2D eigenvalue weighted by Gasteiger charge is -2.00. The number of nitriles is 1. The van der Waals surface area contributed by atoms with E-state index in [0.717, 1.165) is 6.07 Å². The summed E-state index contributed by atoms with van der Waals surface area (Å²) in [6.07, 6.45) is -0.206. The maximum Gasteiger partial charge on any atom is 0.274 e. The van der Waals surface area contributed by atoms with E-state index in [1.165, 1.54) is 12.1 Å². The first kappa shape index (κ1) is 10.7. The van der Waals surface area contributed by atoms with E-state index in [1.54, 1.807) is 6.07 Å². The van der Waals surface area contributed by atoms with E-state index in [1.807, 2.05) is 0 Å². The van der Waals surface area contributed by atoms with Crippen LogP contribution in [0.2, 0.25) is 0 Å².